The molecule has 0 bridgehead atoms. The van der Waals surface area contributed by atoms with E-state index in [1.54, 1.807) is 6.08 Å². The molecule has 1 aromatic rings. The van der Waals surface area contributed by atoms with Gasteiger partial charge in [0.2, 0.25) is 0 Å². The van der Waals surface area contributed by atoms with E-state index in [-0.39, 0.29) is 0 Å². The maximum Gasteiger partial charge on any atom is 0.335 e. The van der Waals surface area contributed by atoms with Gasteiger partial charge in [-0.1, -0.05) is 82.0 Å². The molecule has 1 atom stereocenters. The van der Waals surface area contributed by atoms with Gasteiger partial charge in [-0.15, -0.1) is 0 Å². The first-order valence-electron chi connectivity index (χ1n) is 7.83. The lowest BCUT2D eigenvalue weighted by molar-refractivity contribution is -0.132. The first-order chi connectivity index (χ1) is 10.2. The number of allylic oxidation sites excluding steroid dienone is 1. The van der Waals surface area contributed by atoms with Crippen LogP contribution in [0.2, 0.25) is 0 Å². The van der Waals surface area contributed by atoms with Crippen LogP contribution in [-0.4, -0.2) is 11.1 Å². The Bertz CT molecular complexity index is 472. The van der Waals surface area contributed by atoms with E-state index >= 15 is 0 Å². The van der Waals surface area contributed by atoms with Crippen LogP contribution in [0.4, 0.5) is 0 Å². The van der Waals surface area contributed by atoms with E-state index in [1.807, 2.05) is 42.5 Å². The van der Waals surface area contributed by atoms with E-state index in [0.29, 0.717) is 11.5 Å². The highest BCUT2D eigenvalue weighted by Gasteiger charge is 2.07. The lowest BCUT2D eigenvalue weighted by atomic mass is 9.94. The summed E-state index contributed by atoms with van der Waals surface area (Å²) in [4.78, 5) is 11.3. The van der Waals surface area contributed by atoms with Gasteiger partial charge in [-0.2, -0.15) is 0 Å². The van der Waals surface area contributed by atoms with Gasteiger partial charge in [0.15, 0.2) is 0 Å². The van der Waals surface area contributed by atoms with Crippen molar-refractivity contribution in [3.8, 4) is 0 Å². The summed E-state index contributed by atoms with van der Waals surface area (Å²) in [7, 11) is 0. The van der Waals surface area contributed by atoms with Crippen molar-refractivity contribution in [2.75, 3.05) is 0 Å². The Morgan fingerprint density at radius 1 is 1.24 bits per heavy atom. The molecular formula is C19H26O2. The predicted molar refractivity (Wildman–Crippen MR) is 89.1 cm³/mol. The quantitative estimate of drug-likeness (QED) is 0.493. The van der Waals surface area contributed by atoms with Crippen molar-refractivity contribution in [3.05, 3.63) is 53.6 Å². The van der Waals surface area contributed by atoms with Gasteiger partial charge >= 0.3 is 5.97 Å². The maximum atomic E-state index is 11.3. The second kappa shape index (κ2) is 9.98. The van der Waals surface area contributed by atoms with Crippen LogP contribution >= 0.6 is 0 Å². The fourth-order valence-corrected chi connectivity index (χ4v) is 2.25. The van der Waals surface area contributed by atoms with Gasteiger partial charge in [-0.25, -0.2) is 4.79 Å². The molecule has 0 aliphatic carbocycles. The van der Waals surface area contributed by atoms with Crippen molar-refractivity contribution in [2.24, 2.45) is 5.92 Å². The Morgan fingerprint density at radius 3 is 2.52 bits per heavy atom. The molecule has 1 N–H and O–H groups in total. The minimum Gasteiger partial charge on any atom is -0.478 e. The molecule has 0 fully saturated rings. The second-order valence-electron chi connectivity index (χ2n) is 5.36. The number of rotatable bonds is 9. The van der Waals surface area contributed by atoms with Gasteiger partial charge in [0, 0.05) is 0 Å². The number of hydrogen-bond acceptors (Lipinski definition) is 1. The van der Waals surface area contributed by atoms with E-state index in [1.165, 1.54) is 19.3 Å². The summed E-state index contributed by atoms with van der Waals surface area (Å²) in [6, 6.07) is 9.77. The number of carbonyl (C=O) groups is 1. The van der Waals surface area contributed by atoms with Crippen LogP contribution in [0.25, 0.3) is 6.08 Å². The summed E-state index contributed by atoms with van der Waals surface area (Å²) in [5.41, 5.74) is 1.40. The van der Waals surface area contributed by atoms with Crippen LogP contribution < -0.4 is 0 Å². The zero-order chi connectivity index (χ0) is 15.5. The molecule has 1 aromatic carbocycles. The monoisotopic (exact) mass is 286 g/mol. The highest BCUT2D eigenvalue weighted by atomic mass is 16.4. The van der Waals surface area contributed by atoms with Gasteiger partial charge in [0.1, 0.15) is 0 Å². The Kier molecular flexibility index (Phi) is 8.18. The fraction of sp³-hybridized carbons (Fsp3) is 0.421. The number of benzene rings is 1. The van der Waals surface area contributed by atoms with Crippen LogP contribution in [-0.2, 0) is 4.79 Å². The molecule has 114 valence electrons. The molecular weight excluding hydrogens is 260 g/mol. The summed E-state index contributed by atoms with van der Waals surface area (Å²) >= 11 is 0. The number of carboxylic acids is 1. The Labute approximate surface area is 128 Å². The van der Waals surface area contributed by atoms with E-state index in [4.69, 9.17) is 0 Å². The van der Waals surface area contributed by atoms with Gasteiger partial charge in [0.25, 0.3) is 0 Å². The third-order valence-electron chi connectivity index (χ3n) is 3.72. The van der Waals surface area contributed by atoms with E-state index < -0.39 is 5.97 Å². The Balaban J connectivity index is 2.70. The molecule has 2 heteroatoms. The average Bonchev–Trinajstić information content (AvgIpc) is 2.50. The van der Waals surface area contributed by atoms with Crippen LogP contribution in [0.1, 0.15) is 51.5 Å². The van der Waals surface area contributed by atoms with E-state index in [9.17, 15) is 9.90 Å². The molecule has 21 heavy (non-hydrogen) atoms. The number of hydrogen-bond donors (Lipinski definition) is 1. The highest BCUT2D eigenvalue weighted by Crippen LogP contribution is 2.18. The summed E-state index contributed by atoms with van der Waals surface area (Å²) in [6.07, 6.45) is 11.0. The zero-order valence-electron chi connectivity index (χ0n) is 13.1. The average molecular weight is 286 g/mol. The number of carboxylic acid groups (broad SMARTS) is 1. The van der Waals surface area contributed by atoms with Crippen LogP contribution in [0, 0.1) is 5.92 Å². The molecule has 0 saturated carbocycles. The summed E-state index contributed by atoms with van der Waals surface area (Å²) < 4.78 is 0. The third-order valence-corrected chi connectivity index (χ3v) is 3.72. The van der Waals surface area contributed by atoms with Gasteiger partial charge in [-0.3, -0.25) is 0 Å². The molecule has 1 unspecified atom stereocenters. The van der Waals surface area contributed by atoms with E-state index in [2.05, 4.69) is 13.8 Å². The van der Waals surface area contributed by atoms with Gasteiger partial charge < -0.3 is 5.11 Å². The van der Waals surface area contributed by atoms with Crippen molar-refractivity contribution in [1.82, 2.24) is 0 Å². The smallest absolute Gasteiger partial charge is 0.335 e. The van der Waals surface area contributed by atoms with Crippen LogP contribution in [0.15, 0.2) is 48.1 Å². The van der Waals surface area contributed by atoms with Gasteiger partial charge in [0.05, 0.1) is 5.57 Å². The zero-order valence-corrected chi connectivity index (χ0v) is 13.1. The number of aliphatic carboxylic acids is 1. The molecule has 1 rings (SSSR count). The molecule has 0 aliphatic rings. The summed E-state index contributed by atoms with van der Waals surface area (Å²) in [5, 5.41) is 9.29. The minimum absolute atomic E-state index is 0.383. The topological polar surface area (TPSA) is 37.3 Å². The minimum atomic E-state index is -0.854. The predicted octanol–water partition coefficient (Wildman–Crippen LogP) is 5.32. The molecule has 0 spiro atoms. The van der Waals surface area contributed by atoms with Gasteiger partial charge in [-0.05, 0) is 24.0 Å². The lowest BCUT2D eigenvalue weighted by Gasteiger charge is -2.11. The van der Waals surface area contributed by atoms with Crippen molar-refractivity contribution < 1.29 is 9.90 Å². The number of unbranched alkanes of at least 4 members (excludes halogenated alkanes) is 1. The SMILES string of the molecule is CCCCC(CC)CC=C(C=Cc1ccccc1)C(=O)O. The van der Waals surface area contributed by atoms with Crippen molar-refractivity contribution >= 4 is 12.0 Å². The second-order valence-corrected chi connectivity index (χ2v) is 5.36. The largest absolute Gasteiger partial charge is 0.478 e. The summed E-state index contributed by atoms with van der Waals surface area (Å²) in [6.45, 7) is 4.36. The molecule has 0 aliphatic heterocycles. The van der Waals surface area contributed by atoms with E-state index in [0.717, 1.165) is 18.4 Å². The highest BCUT2D eigenvalue weighted by molar-refractivity contribution is 5.91. The lowest BCUT2D eigenvalue weighted by Crippen LogP contribution is -2.01. The van der Waals surface area contributed by atoms with Crippen LogP contribution in [0.5, 0.6) is 0 Å². The maximum absolute atomic E-state index is 11.3. The Morgan fingerprint density at radius 2 is 1.95 bits per heavy atom. The molecule has 0 aromatic heterocycles. The third kappa shape index (κ3) is 6.94. The molecule has 2 nitrogen and oxygen atoms in total. The molecule has 0 radical (unpaired) electrons. The van der Waals surface area contributed by atoms with Crippen molar-refractivity contribution in [2.45, 2.75) is 46.0 Å². The normalized spacial score (nSPS) is 13.5. The first-order valence-corrected chi connectivity index (χ1v) is 7.83. The van der Waals surface area contributed by atoms with Crippen LogP contribution in [0.3, 0.4) is 0 Å². The molecule has 0 heterocycles. The standard InChI is InChI=1S/C19H26O2/c1-3-5-9-16(4-2)12-14-18(19(20)21)15-13-17-10-7-6-8-11-17/h6-8,10-11,13-16H,3-5,9,12H2,1-2H3,(H,20,21). The first kappa shape index (κ1) is 17.2. The van der Waals surface area contributed by atoms with Crippen molar-refractivity contribution in [1.29, 1.82) is 0 Å². The molecule has 0 amide bonds. The molecule has 0 saturated heterocycles. The Hall–Kier alpha value is -1.83. The fourth-order valence-electron chi connectivity index (χ4n) is 2.25. The van der Waals surface area contributed by atoms with Crippen molar-refractivity contribution in [3.63, 3.8) is 0 Å². The summed E-state index contributed by atoms with van der Waals surface area (Å²) in [5.74, 6) is -0.267.